The minimum Gasteiger partial charge on any atom is -0.393 e. The number of rotatable bonds is 4. The zero-order chi connectivity index (χ0) is 13.7. The summed E-state index contributed by atoms with van der Waals surface area (Å²) >= 11 is 11.9. The van der Waals surface area contributed by atoms with E-state index in [1.54, 1.807) is 26.0 Å². The van der Waals surface area contributed by atoms with E-state index in [1.165, 1.54) is 0 Å². The predicted molar refractivity (Wildman–Crippen MR) is 74.5 cm³/mol. The van der Waals surface area contributed by atoms with Crippen molar-refractivity contribution in [2.75, 3.05) is 11.9 Å². The molecule has 1 unspecified atom stereocenters. The van der Waals surface area contributed by atoms with E-state index < -0.39 is 6.10 Å². The minimum atomic E-state index is -0.437. The van der Waals surface area contributed by atoms with Crippen LogP contribution in [0.15, 0.2) is 12.1 Å². The standard InChI is InChI=1S/C12H16Cl2N2O2/c1-7(17)3-4-15-12(18)16-9-5-10(13)8(2)11(14)6-9/h5-7,17H,3-4H2,1-2H3,(H2,15,16,18). The molecule has 1 aromatic carbocycles. The fourth-order valence-corrected chi connectivity index (χ4v) is 1.77. The molecular formula is C12H16Cl2N2O2. The summed E-state index contributed by atoms with van der Waals surface area (Å²) in [6, 6.07) is 2.92. The Kier molecular flexibility index (Phi) is 5.72. The number of hydrogen-bond donors (Lipinski definition) is 3. The number of aliphatic hydroxyl groups excluding tert-OH is 1. The molecule has 0 spiro atoms. The van der Waals surface area contributed by atoms with Gasteiger partial charge in [0.1, 0.15) is 0 Å². The molecule has 0 saturated heterocycles. The molecule has 0 saturated carbocycles. The van der Waals surface area contributed by atoms with Crippen molar-refractivity contribution in [2.24, 2.45) is 0 Å². The lowest BCUT2D eigenvalue weighted by atomic mass is 10.2. The maximum atomic E-state index is 11.5. The van der Waals surface area contributed by atoms with Gasteiger partial charge in [0.05, 0.1) is 6.10 Å². The first-order chi connectivity index (χ1) is 8.40. The van der Waals surface area contributed by atoms with Crippen molar-refractivity contribution in [2.45, 2.75) is 26.4 Å². The Hall–Kier alpha value is -0.970. The van der Waals surface area contributed by atoms with Gasteiger partial charge in [-0.15, -0.1) is 0 Å². The number of amides is 2. The van der Waals surface area contributed by atoms with Crippen molar-refractivity contribution in [3.05, 3.63) is 27.7 Å². The number of hydrogen-bond acceptors (Lipinski definition) is 2. The van der Waals surface area contributed by atoms with Gasteiger partial charge in [-0.05, 0) is 38.0 Å². The van der Waals surface area contributed by atoms with Crippen LogP contribution in [-0.4, -0.2) is 23.8 Å². The van der Waals surface area contributed by atoms with Crippen molar-refractivity contribution in [1.29, 1.82) is 0 Å². The van der Waals surface area contributed by atoms with Crippen LogP contribution >= 0.6 is 23.2 Å². The van der Waals surface area contributed by atoms with Gasteiger partial charge in [-0.2, -0.15) is 0 Å². The number of halogens is 2. The Labute approximate surface area is 116 Å². The van der Waals surface area contributed by atoms with Crippen molar-refractivity contribution < 1.29 is 9.90 Å². The second kappa shape index (κ2) is 6.83. The van der Waals surface area contributed by atoms with Crippen molar-refractivity contribution in [1.82, 2.24) is 5.32 Å². The summed E-state index contributed by atoms with van der Waals surface area (Å²) < 4.78 is 0. The lowest BCUT2D eigenvalue weighted by Gasteiger charge is -2.10. The second-order valence-corrected chi connectivity index (χ2v) is 4.90. The minimum absolute atomic E-state index is 0.355. The van der Waals surface area contributed by atoms with Gasteiger partial charge < -0.3 is 15.7 Å². The average molecular weight is 291 g/mol. The maximum Gasteiger partial charge on any atom is 0.319 e. The Morgan fingerprint density at radius 1 is 1.39 bits per heavy atom. The molecule has 0 heterocycles. The van der Waals surface area contributed by atoms with Crippen LogP contribution in [0.2, 0.25) is 10.0 Å². The fourth-order valence-electron chi connectivity index (χ4n) is 1.29. The summed E-state index contributed by atoms with van der Waals surface area (Å²) in [6.07, 6.45) is 0.0663. The van der Waals surface area contributed by atoms with Gasteiger partial charge in [-0.3, -0.25) is 0 Å². The molecule has 0 aliphatic rings. The van der Waals surface area contributed by atoms with Gasteiger partial charge in [0, 0.05) is 22.3 Å². The Balaban J connectivity index is 2.54. The van der Waals surface area contributed by atoms with Gasteiger partial charge in [0.25, 0.3) is 0 Å². The number of carbonyl (C=O) groups excluding carboxylic acids is 1. The van der Waals surface area contributed by atoms with E-state index in [0.717, 1.165) is 5.56 Å². The van der Waals surface area contributed by atoms with Crippen LogP contribution in [0.4, 0.5) is 10.5 Å². The molecule has 2 amide bonds. The highest BCUT2D eigenvalue weighted by Crippen LogP contribution is 2.27. The van der Waals surface area contributed by atoms with E-state index in [0.29, 0.717) is 28.7 Å². The zero-order valence-electron chi connectivity index (χ0n) is 10.3. The third-order valence-electron chi connectivity index (χ3n) is 2.39. The molecule has 0 fully saturated rings. The number of carbonyl (C=O) groups is 1. The predicted octanol–water partition coefficient (Wildman–Crippen LogP) is 3.19. The van der Waals surface area contributed by atoms with Gasteiger partial charge in [0.2, 0.25) is 0 Å². The molecule has 1 aromatic rings. The first-order valence-corrected chi connectivity index (χ1v) is 6.34. The lowest BCUT2D eigenvalue weighted by molar-refractivity contribution is 0.184. The van der Waals surface area contributed by atoms with E-state index in [2.05, 4.69) is 10.6 Å². The SMILES string of the molecule is Cc1c(Cl)cc(NC(=O)NCCC(C)O)cc1Cl. The number of nitrogens with one attached hydrogen (secondary N) is 2. The summed E-state index contributed by atoms with van der Waals surface area (Å²) in [5.74, 6) is 0. The summed E-state index contributed by atoms with van der Waals surface area (Å²) in [7, 11) is 0. The highest BCUT2D eigenvalue weighted by atomic mass is 35.5. The quantitative estimate of drug-likeness (QED) is 0.797. The lowest BCUT2D eigenvalue weighted by Crippen LogP contribution is -2.30. The zero-order valence-corrected chi connectivity index (χ0v) is 11.8. The number of aliphatic hydroxyl groups is 1. The average Bonchev–Trinajstić information content (AvgIpc) is 2.25. The Morgan fingerprint density at radius 3 is 2.44 bits per heavy atom. The van der Waals surface area contributed by atoms with Crippen LogP contribution in [0.25, 0.3) is 0 Å². The molecule has 0 aliphatic carbocycles. The normalized spacial score (nSPS) is 12.1. The first kappa shape index (κ1) is 15.1. The highest BCUT2D eigenvalue weighted by Gasteiger charge is 2.07. The summed E-state index contributed by atoms with van der Waals surface area (Å²) in [5.41, 5.74) is 1.31. The van der Waals surface area contributed by atoms with Crippen LogP contribution in [0.3, 0.4) is 0 Å². The third-order valence-corrected chi connectivity index (χ3v) is 3.17. The molecule has 100 valence electrons. The molecule has 4 nitrogen and oxygen atoms in total. The monoisotopic (exact) mass is 290 g/mol. The van der Waals surface area contributed by atoms with E-state index in [1.807, 2.05) is 0 Å². The molecule has 3 N–H and O–H groups in total. The summed E-state index contributed by atoms with van der Waals surface area (Å²) in [6.45, 7) is 3.87. The molecule has 1 rings (SSSR count). The van der Waals surface area contributed by atoms with Crippen molar-refractivity contribution in [3.8, 4) is 0 Å². The van der Waals surface area contributed by atoms with Crippen LogP contribution in [-0.2, 0) is 0 Å². The largest absolute Gasteiger partial charge is 0.393 e. The topological polar surface area (TPSA) is 61.4 Å². The number of benzene rings is 1. The molecule has 0 bridgehead atoms. The molecule has 0 radical (unpaired) electrons. The van der Waals surface area contributed by atoms with E-state index >= 15 is 0 Å². The van der Waals surface area contributed by atoms with Gasteiger partial charge in [0.15, 0.2) is 0 Å². The Bertz CT molecular complexity index is 413. The van der Waals surface area contributed by atoms with E-state index in [-0.39, 0.29) is 6.03 Å². The molecule has 6 heteroatoms. The third kappa shape index (κ3) is 4.72. The smallest absolute Gasteiger partial charge is 0.319 e. The van der Waals surface area contributed by atoms with Crippen LogP contribution in [0, 0.1) is 6.92 Å². The maximum absolute atomic E-state index is 11.5. The molecule has 1 atom stereocenters. The first-order valence-electron chi connectivity index (χ1n) is 5.58. The van der Waals surface area contributed by atoms with Crippen LogP contribution in [0.1, 0.15) is 18.9 Å². The van der Waals surface area contributed by atoms with Gasteiger partial charge in [-0.1, -0.05) is 23.2 Å². The molecule has 0 aliphatic heterocycles. The molecular weight excluding hydrogens is 275 g/mol. The fraction of sp³-hybridized carbons (Fsp3) is 0.417. The number of anilines is 1. The van der Waals surface area contributed by atoms with E-state index in [4.69, 9.17) is 28.3 Å². The highest BCUT2D eigenvalue weighted by molar-refractivity contribution is 6.36. The van der Waals surface area contributed by atoms with Crippen LogP contribution < -0.4 is 10.6 Å². The molecule has 0 aromatic heterocycles. The summed E-state index contributed by atoms with van der Waals surface area (Å²) in [5, 5.41) is 15.3. The Morgan fingerprint density at radius 2 is 1.94 bits per heavy atom. The van der Waals surface area contributed by atoms with Gasteiger partial charge in [-0.25, -0.2) is 4.79 Å². The van der Waals surface area contributed by atoms with E-state index in [9.17, 15) is 4.79 Å². The summed E-state index contributed by atoms with van der Waals surface area (Å²) in [4.78, 5) is 11.5. The van der Waals surface area contributed by atoms with Gasteiger partial charge >= 0.3 is 6.03 Å². The molecule has 18 heavy (non-hydrogen) atoms. The number of urea groups is 1. The van der Waals surface area contributed by atoms with Crippen LogP contribution in [0.5, 0.6) is 0 Å². The van der Waals surface area contributed by atoms with Crippen molar-refractivity contribution >= 4 is 34.9 Å². The van der Waals surface area contributed by atoms with Crippen molar-refractivity contribution in [3.63, 3.8) is 0 Å². The second-order valence-electron chi connectivity index (χ2n) is 4.08.